The average Bonchev–Trinajstić information content (AvgIpc) is 2.69. The molecule has 1 fully saturated rings. The van der Waals surface area contributed by atoms with Gasteiger partial charge in [-0.25, -0.2) is 4.98 Å². The zero-order chi connectivity index (χ0) is 18.2. The number of ether oxygens (including phenoxy) is 2. The Morgan fingerprint density at radius 3 is 2.62 bits per heavy atom. The third kappa shape index (κ3) is 5.20. The molecule has 1 aromatic carbocycles. The number of hydrogen-bond donors (Lipinski definition) is 1. The lowest BCUT2D eigenvalue weighted by molar-refractivity contribution is -0.116. The van der Waals surface area contributed by atoms with E-state index in [0.29, 0.717) is 19.4 Å². The van der Waals surface area contributed by atoms with Gasteiger partial charge in [-0.3, -0.25) is 4.79 Å². The van der Waals surface area contributed by atoms with Crippen molar-refractivity contribution in [1.82, 2.24) is 4.98 Å². The lowest BCUT2D eigenvalue weighted by atomic mass is 10.1. The Morgan fingerprint density at radius 2 is 1.96 bits per heavy atom. The molecule has 26 heavy (non-hydrogen) atoms. The van der Waals surface area contributed by atoms with Gasteiger partial charge in [-0.2, -0.15) is 0 Å². The van der Waals surface area contributed by atoms with Gasteiger partial charge in [-0.05, 0) is 43.2 Å². The Bertz CT molecular complexity index is 695. The maximum Gasteiger partial charge on any atom is 0.224 e. The fraction of sp³-hybridized carbons (Fsp3) is 0.400. The molecule has 1 aromatic heterocycles. The van der Waals surface area contributed by atoms with Crippen molar-refractivity contribution in [2.75, 3.05) is 43.1 Å². The van der Waals surface area contributed by atoms with Gasteiger partial charge in [0.2, 0.25) is 5.91 Å². The molecule has 1 saturated heterocycles. The molecular weight excluding hydrogens is 330 g/mol. The number of nitrogens with one attached hydrogen (secondary N) is 1. The first-order chi connectivity index (χ1) is 12.7. The van der Waals surface area contributed by atoms with Crippen molar-refractivity contribution in [3.05, 3.63) is 48.2 Å². The Kier molecular flexibility index (Phi) is 6.44. The minimum absolute atomic E-state index is 0.0141. The van der Waals surface area contributed by atoms with E-state index in [1.807, 2.05) is 43.3 Å². The van der Waals surface area contributed by atoms with Crippen LogP contribution in [0.2, 0.25) is 0 Å². The van der Waals surface area contributed by atoms with Crippen LogP contribution in [0.25, 0.3) is 0 Å². The van der Waals surface area contributed by atoms with Crippen LogP contribution in [0.5, 0.6) is 5.75 Å². The Balaban J connectivity index is 1.46. The summed E-state index contributed by atoms with van der Waals surface area (Å²) in [6, 6.07) is 11.7. The molecule has 1 N–H and O–H groups in total. The first-order valence-electron chi connectivity index (χ1n) is 9.05. The van der Waals surface area contributed by atoms with Gasteiger partial charge in [0.05, 0.1) is 31.7 Å². The van der Waals surface area contributed by atoms with Crippen molar-refractivity contribution in [2.45, 2.75) is 19.8 Å². The summed E-state index contributed by atoms with van der Waals surface area (Å²) in [5, 5.41) is 2.90. The van der Waals surface area contributed by atoms with Crippen LogP contribution < -0.4 is 15.0 Å². The van der Waals surface area contributed by atoms with Gasteiger partial charge in [-0.1, -0.05) is 12.1 Å². The van der Waals surface area contributed by atoms with Crippen LogP contribution in [-0.2, 0) is 16.0 Å². The van der Waals surface area contributed by atoms with Crippen molar-refractivity contribution < 1.29 is 14.3 Å². The first-order valence-corrected chi connectivity index (χ1v) is 9.05. The normalized spacial score (nSPS) is 14.1. The number of nitrogens with zero attached hydrogens (tertiary/aromatic N) is 2. The van der Waals surface area contributed by atoms with Crippen LogP contribution in [0.3, 0.4) is 0 Å². The molecule has 138 valence electrons. The molecule has 1 amide bonds. The van der Waals surface area contributed by atoms with Crippen molar-refractivity contribution in [3.63, 3.8) is 0 Å². The molecule has 0 radical (unpaired) electrons. The van der Waals surface area contributed by atoms with Crippen LogP contribution in [0.1, 0.15) is 18.9 Å². The number of rotatable bonds is 7. The monoisotopic (exact) mass is 355 g/mol. The van der Waals surface area contributed by atoms with Gasteiger partial charge in [0.15, 0.2) is 0 Å². The highest BCUT2D eigenvalue weighted by atomic mass is 16.5. The molecule has 2 heterocycles. The van der Waals surface area contributed by atoms with Crippen molar-refractivity contribution in [2.24, 2.45) is 0 Å². The molecule has 6 heteroatoms. The van der Waals surface area contributed by atoms with Gasteiger partial charge in [-0.15, -0.1) is 0 Å². The van der Waals surface area contributed by atoms with E-state index in [9.17, 15) is 4.79 Å². The molecule has 0 spiro atoms. The van der Waals surface area contributed by atoms with Gasteiger partial charge < -0.3 is 19.7 Å². The lowest BCUT2D eigenvalue weighted by Crippen LogP contribution is -2.36. The third-order valence-electron chi connectivity index (χ3n) is 4.24. The highest BCUT2D eigenvalue weighted by Gasteiger charge is 2.12. The van der Waals surface area contributed by atoms with Crippen molar-refractivity contribution >= 4 is 17.4 Å². The molecule has 0 atom stereocenters. The van der Waals surface area contributed by atoms with E-state index in [1.165, 1.54) is 0 Å². The van der Waals surface area contributed by atoms with E-state index < -0.39 is 0 Å². The Morgan fingerprint density at radius 1 is 1.19 bits per heavy atom. The molecule has 0 saturated carbocycles. The number of aryl methyl sites for hydroxylation is 1. The second-order valence-corrected chi connectivity index (χ2v) is 6.13. The number of morpholine rings is 1. The van der Waals surface area contributed by atoms with Crippen LogP contribution in [0.4, 0.5) is 11.5 Å². The number of benzene rings is 1. The molecule has 1 aliphatic heterocycles. The number of pyridine rings is 1. The number of aromatic nitrogens is 1. The minimum Gasteiger partial charge on any atom is -0.494 e. The summed E-state index contributed by atoms with van der Waals surface area (Å²) in [5.74, 6) is 1.76. The molecule has 1 aliphatic rings. The molecule has 0 unspecified atom stereocenters. The van der Waals surface area contributed by atoms with E-state index in [1.54, 1.807) is 6.20 Å². The number of carbonyl (C=O) groups is 1. The van der Waals surface area contributed by atoms with E-state index in [4.69, 9.17) is 9.47 Å². The summed E-state index contributed by atoms with van der Waals surface area (Å²) >= 11 is 0. The number of anilines is 2. The van der Waals surface area contributed by atoms with E-state index in [2.05, 4.69) is 15.2 Å². The fourth-order valence-electron chi connectivity index (χ4n) is 2.84. The molecular formula is C20H25N3O3. The Hall–Kier alpha value is -2.60. The standard InChI is InChI=1S/C20H25N3O3/c1-2-26-18-7-3-16(4-8-18)5-10-20(24)22-17-6-9-19(21-15-17)23-11-13-25-14-12-23/h3-4,6-9,15H,2,5,10-14H2,1H3,(H,22,24). The third-order valence-corrected chi connectivity index (χ3v) is 4.24. The van der Waals surface area contributed by atoms with Gasteiger partial charge in [0.25, 0.3) is 0 Å². The summed E-state index contributed by atoms with van der Waals surface area (Å²) in [6.07, 6.45) is 2.83. The van der Waals surface area contributed by atoms with Gasteiger partial charge >= 0.3 is 0 Å². The van der Waals surface area contributed by atoms with E-state index >= 15 is 0 Å². The summed E-state index contributed by atoms with van der Waals surface area (Å²) < 4.78 is 10.8. The maximum absolute atomic E-state index is 12.2. The number of amides is 1. The molecule has 3 rings (SSSR count). The number of carbonyl (C=O) groups excluding carboxylic acids is 1. The molecule has 0 bridgehead atoms. The summed E-state index contributed by atoms with van der Waals surface area (Å²) in [5.41, 5.74) is 1.84. The van der Waals surface area contributed by atoms with E-state index in [0.717, 1.165) is 49.1 Å². The Labute approximate surface area is 154 Å². The second-order valence-electron chi connectivity index (χ2n) is 6.13. The quantitative estimate of drug-likeness (QED) is 0.827. The number of hydrogen-bond acceptors (Lipinski definition) is 5. The van der Waals surface area contributed by atoms with Gasteiger partial charge in [0.1, 0.15) is 11.6 Å². The van der Waals surface area contributed by atoms with Crippen LogP contribution in [0.15, 0.2) is 42.6 Å². The minimum atomic E-state index is -0.0141. The lowest BCUT2D eigenvalue weighted by Gasteiger charge is -2.27. The van der Waals surface area contributed by atoms with Crippen LogP contribution in [0, 0.1) is 0 Å². The smallest absolute Gasteiger partial charge is 0.224 e. The SMILES string of the molecule is CCOc1ccc(CCC(=O)Nc2ccc(N3CCOCC3)nc2)cc1. The van der Waals surface area contributed by atoms with E-state index in [-0.39, 0.29) is 5.91 Å². The highest BCUT2D eigenvalue weighted by Crippen LogP contribution is 2.16. The fourth-order valence-corrected chi connectivity index (χ4v) is 2.84. The van der Waals surface area contributed by atoms with Crippen LogP contribution >= 0.6 is 0 Å². The summed E-state index contributed by atoms with van der Waals surface area (Å²) in [4.78, 5) is 18.8. The van der Waals surface area contributed by atoms with Gasteiger partial charge in [0, 0.05) is 19.5 Å². The van der Waals surface area contributed by atoms with Crippen molar-refractivity contribution in [3.8, 4) is 5.75 Å². The highest BCUT2D eigenvalue weighted by molar-refractivity contribution is 5.90. The maximum atomic E-state index is 12.2. The molecule has 0 aliphatic carbocycles. The predicted octanol–water partition coefficient (Wildman–Crippen LogP) is 2.89. The zero-order valence-corrected chi connectivity index (χ0v) is 15.1. The molecule has 2 aromatic rings. The first kappa shape index (κ1) is 18.2. The zero-order valence-electron chi connectivity index (χ0n) is 15.1. The summed E-state index contributed by atoms with van der Waals surface area (Å²) in [7, 11) is 0. The van der Waals surface area contributed by atoms with Crippen LogP contribution in [-0.4, -0.2) is 43.8 Å². The van der Waals surface area contributed by atoms with Crippen molar-refractivity contribution in [1.29, 1.82) is 0 Å². The molecule has 6 nitrogen and oxygen atoms in total. The summed E-state index contributed by atoms with van der Waals surface area (Å²) in [6.45, 7) is 5.76. The predicted molar refractivity (Wildman–Crippen MR) is 102 cm³/mol. The second kappa shape index (κ2) is 9.20. The topological polar surface area (TPSA) is 63.7 Å². The average molecular weight is 355 g/mol. The largest absolute Gasteiger partial charge is 0.494 e.